The second kappa shape index (κ2) is 5.77. The minimum atomic E-state index is 0.0566. The normalized spacial score (nSPS) is 12.8. The van der Waals surface area contributed by atoms with Crippen LogP contribution in [0.3, 0.4) is 0 Å². The Morgan fingerprint density at radius 1 is 1.39 bits per heavy atom. The fourth-order valence-corrected chi connectivity index (χ4v) is 1.97. The van der Waals surface area contributed by atoms with Crippen molar-refractivity contribution in [2.24, 2.45) is 7.05 Å². The lowest BCUT2D eigenvalue weighted by molar-refractivity contribution is 0.517. The summed E-state index contributed by atoms with van der Waals surface area (Å²) in [7, 11) is 1.97. The van der Waals surface area contributed by atoms with E-state index >= 15 is 0 Å². The maximum absolute atomic E-state index is 4.43. The molecule has 18 heavy (non-hydrogen) atoms. The van der Waals surface area contributed by atoms with Crippen LogP contribution in [0.25, 0.3) is 0 Å². The van der Waals surface area contributed by atoms with Gasteiger partial charge in [0.1, 0.15) is 0 Å². The van der Waals surface area contributed by atoms with Gasteiger partial charge in [-0.25, -0.2) is 9.67 Å². The van der Waals surface area contributed by atoms with Gasteiger partial charge >= 0.3 is 0 Å². The summed E-state index contributed by atoms with van der Waals surface area (Å²) >= 11 is 0. The first-order valence-electron chi connectivity index (χ1n) is 6.35. The average Bonchev–Trinajstić information content (AvgIpc) is 2.99. The van der Waals surface area contributed by atoms with Gasteiger partial charge in [-0.05, 0) is 19.9 Å². The van der Waals surface area contributed by atoms with Gasteiger partial charge in [-0.15, -0.1) is 5.10 Å². The zero-order valence-corrected chi connectivity index (χ0v) is 11.2. The van der Waals surface area contributed by atoms with Crippen LogP contribution >= 0.6 is 0 Å². The molecule has 0 saturated heterocycles. The minimum Gasteiger partial charge on any atom is -0.340 e. The molecule has 2 aromatic heterocycles. The Kier molecular flexibility index (Phi) is 4.09. The first-order valence-corrected chi connectivity index (χ1v) is 6.35. The molecule has 0 saturated carbocycles. The predicted molar refractivity (Wildman–Crippen MR) is 69.0 cm³/mol. The molecule has 0 aliphatic carbocycles. The molecular weight excluding hydrogens is 228 g/mol. The van der Waals surface area contributed by atoms with E-state index in [0.717, 1.165) is 30.9 Å². The predicted octanol–water partition coefficient (Wildman–Crippen LogP) is 1.12. The highest BCUT2D eigenvalue weighted by atomic mass is 15.4. The number of imidazole rings is 1. The molecule has 0 bridgehead atoms. The Hall–Kier alpha value is -1.69. The second-order valence-electron chi connectivity index (χ2n) is 4.33. The van der Waals surface area contributed by atoms with Crippen LogP contribution in [0, 0.1) is 0 Å². The van der Waals surface area contributed by atoms with Gasteiger partial charge in [0.15, 0.2) is 0 Å². The van der Waals surface area contributed by atoms with E-state index in [1.165, 1.54) is 0 Å². The Morgan fingerprint density at radius 2 is 2.22 bits per heavy atom. The molecule has 2 aromatic rings. The van der Waals surface area contributed by atoms with Crippen LogP contribution in [0.2, 0.25) is 0 Å². The summed E-state index contributed by atoms with van der Waals surface area (Å²) in [5.74, 6) is 0. The van der Waals surface area contributed by atoms with Gasteiger partial charge < -0.3 is 9.88 Å². The quantitative estimate of drug-likeness (QED) is 0.832. The third-order valence-corrected chi connectivity index (χ3v) is 2.86. The summed E-state index contributed by atoms with van der Waals surface area (Å²) < 4.78 is 3.86. The molecule has 2 heterocycles. The van der Waals surface area contributed by atoms with Crippen molar-refractivity contribution < 1.29 is 0 Å². The number of hydrogen-bond acceptors (Lipinski definition) is 4. The van der Waals surface area contributed by atoms with E-state index in [9.17, 15) is 0 Å². The van der Waals surface area contributed by atoms with Crippen LogP contribution in [-0.4, -0.2) is 31.1 Å². The van der Waals surface area contributed by atoms with Crippen molar-refractivity contribution in [1.29, 1.82) is 0 Å². The Balaban J connectivity index is 2.30. The van der Waals surface area contributed by atoms with Crippen LogP contribution in [-0.2, 0) is 13.6 Å². The maximum atomic E-state index is 4.43. The molecule has 2 rings (SSSR count). The van der Waals surface area contributed by atoms with Crippen LogP contribution in [0.1, 0.15) is 37.7 Å². The van der Waals surface area contributed by atoms with E-state index in [1.54, 1.807) is 0 Å². The van der Waals surface area contributed by atoms with Crippen LogP contribution < -0.4 is 5.32 Å². The highest BCUT2D eigenvalue weighted by Crippen LogP contribution is 2.19. The molecule has 98 valence electrons. The summed E-state index contributed by atoms with van der Waals surface area (Å²) in [6.45, 7) is 5.97. The summed E-state index contributed by atoms with van der Waals surface area (Å²) in [5.41, 5.74) is 2.06. The average molecular weight is 248 g/mol. The van der Waals surface area contributed by atoms with Crippen LogP contribution in [0.15, 0.2) is 18.7 Å². The number of hydrogen-bond donors (Lipinski definition) is 1. The fourth-order valence-electron chi connectivity index (χ4n) is 1.97. The van der Waals surface area contributed by atoms with E-state index in [0.29, 0.717) is 0 Å². The van der Waals surface area contributed by atoms with Gasteiger partial charge in [-0.1, -0.05) is 12.1 Å². The van der Waals surface area contributed by atoms with Gasteiger partial charge in [0.05, 0.1) is 30.0 Å². The summed E-state index contributed by atoms with van der Waals surface area (Å²) in [5, 5.41) is 11.6. The molecule has 0 aliphatic rings. The van der Waals surface area contributed by atoms with Crippen molar-refractivity contribution in [3.05, 3.63) is 30.1 Å². The molecule has 0 spiro atoms. The topological polar surface area (TPSA) is 60.6 Å². The lowest BCUT2D eigenvalue weighted by atomic mass is 10.1. The molecule has 0 radical (unpaired) electrons. The van der Waals surface area contributed by atoms with Gasteiger partial charge in [-0.2, -0.15) is 0 Å². The molecule has 0 amide bonds. The molecule has 6 heteroatoms. The molecule has 0 aliphatic heterocycles. The first-order chi connectivity index (χ1) is 8.76. The third-order valence-electron chi connectivity index (χ3n) is 2.86. The molecule has 0 fully saturated rings. The van der Waals surface area contributed by atoms with Gasteiger partial charge in [-0.3, -0.25) is 0 Å². The summed E-state index contributed by atoms with van der Waals surface area (Å²) in [6, 6.07) is 0.0566. The third kappa shape index (κ3) is 2.59. The Labute approximate surface area is 107 Å². The van der Waals surface area contributed by atoms with Gasteiger partial charge in [0, 0.05) is 19.8 Å². The molecule has 1 atom stereocenters. The number of aryl methyl sites for hydroxylation is 2. The molecule has 0 aromatic carbocycles. The zero-order chi connectivity index (χ0) is 13.0. The highest BCUT2D eigenvalue weighted by Gasteiger charge is 2.20. The highest BCUT2D eigenvalue weighted by molar-refractivity contribution is 5.18. The van der Waals surface area contributed by atoms with Crippen molar-refractivity contribution in [3.63, 3.8) is 0 Å². The van der Waals surface area contributed by atoms with Crippen molar-refractivity contribution in [2.75, 3.05) is 6.54 Å². The summed E-state index contributed by atoms with van der Waals surface area (Å²) in [6.07, 6.45) is 6.74. The van der Waals surface area contributed by atoms with Gasteiger partial charge in [0.25, 0.3) is 0 Å². The van der Waals surface area contributed by atoms with E-state index < -0.39 is 0 Å². The fraction of sp³-hybridized carbons (Fsp3) is 0.583. The van der Waals surface area contributed by atoms with E-state index in [4.69, 9.17) is 0 Å². The van der Waals surface area contributed by atoms with Crippen LogP contribution in [0.4, 0.5) is 0 Å². The number of nitrogens with one attached hydrogen (secondary N) is 1. The number of rotatable bonds is 6. The Morgan fingerprint density at radius 3 is 2.83 bits per heavy atom. The van der Waals surface area contributed by atoms with Crippen molar-refractivity contribution in [2.45, 2.75) is 32.9 Å². The molecule has 1 unspecified atom stereocenters. The smallest absolute Gasteiger partial charge is 0.0954 e. The van der Waals surface area contributed by atoms with E-state index in [1.807, 2.05) is 35.0 Å². The molecular formula is C12H20N6. The van der Waals surface area contributed by atoms with Crippen molar-refractivity contribution in [1.82, 2.24) is 29.9 Å². The SMILES string of the molecule is CCCNC(c1cn(C)cn1)c1cnnn1CC. The largest absolute Gasteiger partial charge is 0.340 e. The number of nitrogens with zero attached hydrogens (tertiary/aromatic N) is 5. The minimum absolute atomic E-state index is 0.0566. The summed E-state index contributed by atoms with van der Waals surface area (Å²) in [4.78, 5) is 4.43. The lowest BCUT2D eigenvalue weighted by Gasteiger charge is -2.16. The molecule has 1 N–H and O–H groups in total. The maximum Gasteiger partial charge on any atom is 0.0954 e. The first kappa shape index (κ1) is 12.8. The standard InChI is InChI=1S/C12H20N6/c1-4-6-13-12(10-8-17(3)9-14-10)11-7-15-16-18(11)5-2/h7-9,12-13H,4-6H2,1-3H3. The van der Waals surface area contributed by atoms with Gasteiger partial charge in [0.2, 0.25) is 0 Å². The Bertz CT molecular complexity index is 486. The second-order valence-corrected chi connectivity index (χ2v) is 4.33. The van der Waals surface area contributed by atoms with Crippen LogP contribution in [0.5, 0.6) is 0 Å². The number of aromatic nitrogens is 5. The van der Waals surface area contributed by atoms with Crippen molar-refractivity contribution in [3.8, 4) is 0 Å². The molecule has 6 nitrogen and oxygen atoms in total. The van der Waals surface area contributed by atoms with E-state index in [2.05, 4.69) is 34.5 Å². The zero-order valence-electron chi connectivity index (χ0n) is 11.2. The van der Waals surface area contributed by atoms with Crippen molar-refractivity contribution >= 4 is 0 Å². The van der Waals surface area contributed by atoms with E-state index in [-0.39, 0.29) is 6.04 Å². The monoisotopic (exact) mass is 248 g/mol. The lowest BCUT2D eigenvalue weighted by Crippen LogP contribution is -2.26.